The van der Waals surface area contributed by atoms with Gasteiger partial charge in [0.25, 0.3) is 0 Å². The van der Waals surface area contributed by atoms with Gasteiger partial charge < -0.3 is 9.64 Å². The minimum Gasteiger partial charge on any atom is -0.466 e. The quantitative estimate of drug-likeness (QED) is 0.707. The Morgan fingerprint density at radius 3 is 2.65 bits per heavy atom. The molecule has 1 fully saturated rings. The molecule has 0 radical (unpaired) electrons. The highest BCUT2D eigenvalue weighted by atomic mass is 16.5. The van der Waals surface area contributed by atoms with Crippen molar-refractivity contribution in [3.63, 3.8) is 0 Å². The summed E-state index contributed by atoms with van der Waals surface area (Å²) in [6, 6.07) is 0.290. The van der Waals surface area contributed by atoms with Crippen LogP contribution in [0.5, 0.6) is 0 Å². The standard InChI is InChI=1S/C13H23NO3/c1-4-17-13(16)8-7-12(15)14-9-5-6-10(2)11(14)3/h10-11H,4-9H2,1-3H3. The second kappa shape index (κ2) is 6.62. The Bertz CT molecular complexity index is 278. The van der Waals surface area contributed by atoms with E-state index in [0.29, 0.717) is 18.6 Å². The van der Waals surface area contributed by atoms with Crippen molar-refractivity contribution < 1.29 is 14.3 Å². The van der Waals surface area contributed by atoms with Crippen molar-refractivity contribution >= 4 is 11.9 Å². The summed E-state index contributed by atoms with van der Waals surface area (Å²) in [4.78, 5) is 25.1. The summed E-state index contributed by atoms with van der Waals surface area (Å²) in [6.45, 7) is 7.24. The largest absolute Gasteiger partial charge is 0.466 e. The summed E-state index contributed by atoms with van der Waals surface area (Å²) in [6.07, 6.45) is 2.72. The molecule has 1 heterocycles. The Balaban J connectivity index is 2.39. The molecule has 98 valence electrons. The van der Waals surface area contributed by atoms with Crippen LogP contribution in [0.3, 0.4) is 0 Å². The van der Waals surface area contributed by atoms with Crippen LogP contribution in [0.1, 0.15) is 46.5 Å². The van der Waals surface area contributed by atoms with Crippen LogP contribution in [0.2, 0.25) is 0 Å². The third-order valence-corrected chi connectivity index (χ3v) is 3.54. The highest BCUT2D eigenvalue weighted by Gasteiger charge is 2.28. The maximum atomic E-state index is 12.0. The van der Waals surface area contributed by atoms with E-state index in [-0.39, 0.29) is 24.7 Å². The van der Waals surface area contributed by atoms with Crippen molar-refractivity contribution in [2.45, 2.75) is 52.5 Å². The van der Waals surface area contributed by atoms with E-state index in [1.807, 2.05) is 4.90 Å². The molecule has 0 N–H and O–H groups in total. The van der Waals surface area contributed by atoms with Gasteiger partial charge in [-0.3, -0.25) is 9.59 Å². The van der Waals surface area contributed by atoms with Crippen molar-refractivity contribution in [2.75, 3.05) is 13.2 Å². The minimum atomic E-state index is -0.279. The summed E-state index contributed by atoms with van der Waals surface area (Å²) < 4.78 is 4.82. The predicted molar refractivity (Wildman–Crippen MR) is 65.4 cm³/mol. The van der Waals surface area contributed by atoms with Crippen LogP contribution >= 0.6 is 0 Å². The minimum absolute atomic E-state index is 0.0807. The SMILES string of the molecule is CCOC(=O)CCC(=O)N1CCCC(C)C1C. The molecule has 17 heavy (non-hydrogen) atoms. The number of hydrogen-bond donors (Lipinski definition) is 0. The molecule has 0 aromatic heterocycles. The lowest BCUT2D eigenvalue weighted by atomic mass is 9.92. The average molecular weight is 241 g/mol. The molecule has 1 saturated heterocycles. The van der Waals surface area contributed by atoms with E-state index in [2.05, 4.69) is 13.8 Å². The predicted octanol–water partition coefficient (Wildman–Crippen LogP) is 1.98. The molecule has 1 aliphatic heterocycles. The number of piperidine rings is 1. The van der Waals surface area contributed by atoms with Crippen LogP contribution in [0, 0.1) is 5.92 Å². The summed E-state index contributed by atoms with van der Waals surface area (Å²) in [7, 11) is 0. The van der Waals surface area contributed by atoms with Crippen LogP contribution in [-0.4, -0.2) is 36.0 Å². The van der Waals surface area contributed by atoms with Gasteiger partial charge in [0.05, 0.1) is 13.0 Å². The van der Waals surface area contributed by atoms with Crippen molar-refractivity contribution in [1.29, 1.82) is 0 Å². The molecule has 4 nitrogen and oxygen atoms in total. The average Bonchev–Trinajstić information content (AvgIpc) is 2.30. The number of likely N-dealkylation sites (tertiary alicyclic amines) is 1. The number of hydrogen-bond acceptors (Lipinski definition) is 3. The molecule has 0 aromatic rings. The first-order valence-electron chi connectivity index (χ1n) is 6.51. The van der Waals surface area contributed by atoms with Gasteiger partial charge in [-0.1, -0.05) is 6.92 Å². The molecule has 0 aliphatic carbocycles. The van der Waals surface area contributed by atoms with Crippen molar-refractivity contribution in [1.82, 2.24) is 4.90 Å². The van der Waals surface area contributed by atoms with Gasteiger partial charge in [-0.05, 0) is 32.6 Å². The number of carbonyl (C=O) groups is 2. The number of esters is 1. The molecule has 0 saturated carbocycles. The number of amides is 1. The fraction of sp³-hybridized carbons (Fsp3) is 0.846. The van der Waals surface area contributed by atoms with E-state index >= 15 is 0 Å². The van der Waals surface area contributed by atoms with Gasteiger partial charge in [-0.25, -0.2) is 0 Å². The van der Waals surface area contributed by atoms with E-state index < -0.39 is 0 Å². The lowest BCUT2D eigenvalue weighted by molar-refractivity contribution is -0.146. The van der Waals surface area contributed by atoms with Crippen LogP contribution in [0.25, 0.3) is 0 Å². The van der Waals surface area contributed by atoms with E-state index in [1.54, 1.807) is 6.92 Å². The van der Waals surface area contributed by atoms with Crippen LogP contribution in [0.4, 0.5) is 0 Å². The number of nitrogens with zero attached hydrogens (tertiary/aromatic N) is 1. The maximum absolute atomic E-state index is 12.0. The Morgan fingerprint density at radius 1 is 1.29 bits per heavy atom. The Morgan fingerprint density at radius 2 is 2.00 bits per heavy atom. The third kappa shape index (κ3) is 4.02. The molecule has 1 rings (SSSR count). The molecular weight excluding hydrogens is 218 g/mol. The van der Waals surface area contributed by atoms with Gasteiger partial charge in [0, 0.05) is 19.0 Å². The summed E-state index contributed by atoms with van der Waals surface area (Å²) in [5, 5.41) is 0. The zero-order valence-electron chi connectivity index (χ0n) is 11.1. The van der Waals surface area contributed by atoms with Gasteiger partial charge in [-0.2, -0.15) is 0 Å². The van der Waals surface area contributed by atoms with Crippen LogP contribution < -0.4 is 0 Å². The Kier molecular flexibility index (Phi) is 5.45. The molecule has 0 aromatic carbocycles. The molecule has 4 heteroatoms. The third-order valence-electron chi connectivity index (χ3n) is 3.54. The second-order valence-electron chi connectivity index (χ2n) is 4.75. The zero-order valence-corrected chi connectivity index (χ0v) is 11.1. The Labute approximate surface area is 103 Å². The first-order valence-corrected chi connectivity index (χ1v) is 6.51. The monoisotopic (exact) mass is 241 g/mol. The second-order valence-corrected chi connectivity index (χ2v) is 4.75. The number of carbonyl (C=O) groups excluding carboxylic acids is 2. The van der Waals surface area contributed by atoms with Gasteiger partial charge in [0.15, 0.2) is 0 Å². The fourth-order valence-corrected chi connectivity index (χ4v) is 2.27. The first-order chi connectivity index (χ1) is 8.06. The number of rotatable bonds is 4. The number of ether oxygens (including phenoxy) is 1. The lowest BCUT2D eigenvalue weighted by Crippen LogP contribution is -2.46. The zero-order chi connectivity index (χ0) is 12.8. The van der Waals surface area contributed by atoms with Crippen molar-refractivity contribution in [3.05, 3.63) is 0 Å². The fourth-order valence-electron chi connectivity index (χ4n) is 2.27. The molecule has 0 spiro atoms. The van der Waals surface area contributed by atoms with E-state index in [4.69, 9.17) is 4.74 Å². The smallest absolute Gasteiger partial charge is 0.306 e. The summed E-state index contributed by atoms with van der Waals surface area (Å²) in [5.74, 6) is 0.353. The molecule has 0 bridgehead atoms. The van der Waals surface area contributed by atoms with E-state index in [9.17, 15) is 9.59 Å². The van der Waals surface area contributed by atoms with Crippen molar-refractivity contribution in [2.24, 2.45) is 5.92 Å². The molecule has 2 atom stereocenters. The molecule has 2 unspecified atom stereocenters. The van der Waals surface area contributed by atoms with Crippen LogP contribution in [-0.2, 0) is 14.3 Å². The topological polar surface area (TPSA) is 46.6 Å². The van der Waals surface area contributed by atoms with Crippen molar-refractivity contribution in [3.8, 4) is 0 Å². The summed E-state index contributed by atoms with van der Waals surface area (Å²) >= 11 is 0. The van der Waals surface area contributed by atoms with Gasteiger partial charge in [0.1, 0.15) is 0 Å². The van der Waals surface area contributed by atoms with E-state index in [1.165, 1.54) is 6.42 Å². The summed E-state index contributed by atoms with van der Waals surface area (Å²) in [5.41, 5.74) is 0. The van der Waals surface area contributed by atoms with E-state index in [0.717, 1.165) is 13.0 Å². The van der Waals surface area contributed by atoms with Gasteiger partial charge in [0.2, 0.25) is 5.91 Å². The van der Waals surface area contributed by atoms with Crippen LogP contribution in [0.15, 0.2) is 0 Å². The first kappa shape index (κ1) is 14.0. The molecular formula is C13H23NO3. The highest BCUT2D eigenvalue weighted by Crippen LogP contribution is 2.23. The van der Waals surface area contributed by atoms with Gasteiger partial charge >= 0.3 is 5.97 Å². The molecule has 1 aliphatic rings. The normalized spacial score (nSPS) is 24.5. The lowest BCUT2D eigenvalue weighted by Gasteiger charge is -2.38. The highest BCUT2D eigenvalue weighted by molar-refractivity contribution is 5.81. The maximum Gasteiger partial charge on any atom is 0.306 e. The molecule has 1 amide bonds. The Hall–Kier alpha value is -1.06. The van der Waals surface area contributed by atoms with Gasteiger partial charge in [-0.15, -0.1) is 0 Å².